The number of hydrogen-bond acceptors (Lipinski definition) is 5. The van der Waals surface area contributed by atoms with Gasteiger partial charge in [-0.1, -0.05) is 17.7 Å². The van der Waals surface area contributed by atoms with E-state index < -0.39 is 4.92 Å². The molecule has 0 radical (unpaired) electrons. The number of fused-ring (bicyclic) bond motifs is 1. The Morgan fingerprint density at radius 2 is 2.00 bits per heavy atom. The fraction of sp³-hybridized carbons (Fsp3) is 0.278. The molecule has 0 saturated carbocycles. The number of carbonyl (C=O) groups excluding carboxylic acids is 1. The third kappa shape index (κ3) is 3.88. The van der Waals surface area contributed by atoms with Gasteiger partial charge in [0.05, 0.1) is 23.3 Å². The first kappa shape index (κ1) is 16.8. The van der Waals surface area contributed by atoms with Crippen LogP contribution < -0.4 is 14.4 Å². The van der Waals surface area contributed by atoms with Gasteiger partial charge >= 0.3 is 0 Å². The van der Waals surface area contributed by atoms with Crippen molar-refractivity contribution in [2.75, 3.05) is 24.7 Å². The molecule has 0 aromatic heterocycles. The SMILES string of the molecule is Cc1ccc(OCCCN2C(=O)COc3cc([N+](=O)[O-])ccc32)cc1. The summed E-state index contributed by atoms with van der Waals surface area (Å²) in [5.41, 5.74) is 1.66. The lowest BCUT2D eigenvalue weighted by Gasteiger charge is -2.29. The Labute approximate surface area is 144 Å². The molecule has 0 bridgehead atoms. The van der Waals surface area contributed by atoms with E-state index in [0.717, 1.165) is 11.3 Å². The van der Waals surface area contributed by atoms with E-state index >= 15 is 0 Å². The summed E-state index contributed by atoms with van der Waals surface area (Å²) in [6.45, 7) is 2.82. The van der Waals surface area contributed by atoms with Gasteiger partial charge in [0.1, 0.15) is 5.75 Å². The third-order valence-electron chi connectivity index (χ3n) is 3.91. The largest absolute Gasteiger partial charge is 0.494 e. The molecule has 1 amide bonds. The van der Waals surface area contributed by atoms with Crippen molar-refractivity contribution in [1.82, 2.24) is 0 Å². The van der Waals surface area contributed by atoms with Crippen LogP contribution in [-0.2, 0) is 4.79 Å². The van der Waals surface area contributed by atoms with Gasteiger partial charge in [-0.05, 0) is 31.5 Å². The molecule has 2 aromatic rings. The number of benzene rings is 2. The first-order valence-electron chi connectivity index (χ1n) is 7.95. The molecule has 7 heteroatoms. The van der Waals surface area contributed by atoms with E-state index in [9.17, 15) is 14.9 Å². The monoisotopic (exact) mass is 342 g/mol. The van der Waals surface area contributed by atoms with Crippen LogP contribution in [0.15, 0.2) is 42.5 Å². The highest BCUT2D eigenvalue weighted by atomic mass is 16.6. The molecule has 3 rings (SSSR count). The molecule has 7 nitrogen and oxygen atoms in total. The van der Waals surface area contributed by atoms with Gasteiger partial charge in [-0.25, -0.2) is 0 Å². The Kier molecular flexibility index (Phi) is 4.83. The highest BCUT2D eigenvalue weighted by Gasteiger charge is 2.26. The topological polar surface area (TPSA) is 81.9 Å². The molecule has 0 fully saturated rings. The maximum atomic E-state index is 12.1. The number of non-ortho nitro benzene ring substituents is 1. The zero-order valence-corrected chi connectivity index (χ0v) is 13.8. The van der Waals surface area contributed by atoms with Crippen LogP contribution >= 0.6 is 0 Å². The number of ether oxygens (including phenoxy) is 2. The summed E-state index contributed by atoms with van der Waals surface area (Å²) in [4.78, 5) is 24.1. The highest BCUT2D eigenvalue weighted by Crippen LogP contribution is 2.35. The fourth-order valence-corrected chi connectivity index (χ4v) is 2.60. The zero-order valence-electron chi connectivity index (χ0n) is 13.8. The standard InChI is InChI=1S/C18H18N2O5/c1-13-3-6-15(7-4-13)24-10-2-9-19-16-8-5-14(20(22)23)11-17(16)25-12-18(19)21/h3-8,11H,2,9-10,12H2,1H3. The molecule has 1 aliphatic rings. The molecule has 0 saturated heterocycles. The van der Waals surface area contributed by atoms with Gasteiger partial charge < -0.3 is 14.4 Å². The molecule has 0 spiro atoms. The van der Waals surface area contributed by atoms with Crippen molar-refractivity contribution in [3.63, 3.8) is 0 Å². The van der Waals surface area contributed by atoms with Crippen LogP contribution in [0.5, 0.6) is 11.5 Å². The molecular weight excluding hydrogens is 324 g/mol. The van der Waals surface area contributed by atoms with Gasteiger partial charge in [0, 0.05) is 12.6 Å². The summed E-state index contributed by atoms with van der Waals surface area (Å²) in [7, 11) is 0. The fourth-order valence-electron chi connectivity index (χ4n) is 2.60. The number of amides is 1. The molecule has 0 aliphatic carbocycles. The summed E-state index contributed by atoms with van der Waals surface area (Å²) in [6.07, 6.45) is 0.635. The van der Waals surface area contributed by atoms with Crippen molar-refractivity contribution in [2.24, 2.45) is 0 Å². The van der Waals surface area contributed by atoms with E-state index in [4.69, 9.17) is 9.47 Å². The van der Waals surface area contributed by atoms with Crippen molar-refractivity contribution < 1.29 is 19.2 Å². The molecule has 1 heterocycles. The maximum absolute atomic E-state index is 12.1. The number of aryl methyl sites for hydroxylation is 1. The number of anilines is 1. The average Bonchev–Trinajstić information content (AvgIpc) is 2.61. The molecule has 0 N–H and O–H groups in total. The van der Waals surface area contributed by atoms with Crippen LogP contribution in [0, 0.1) is 17.0 Å². The lowest BCUT2D eigenvalue weighted by atomic mass is 10.2. The Morgan fingerprint density at radius 3 is 2.72 bits per heavy atom. The van der Waals surface area contributed by atoms with E-state index in [1.165, 1.54) is 12.1 Å². The summed E-state index contributed by atoms with van der Waals surface area (Å²) in [5, 5.41) is 10.9. The molecule has 1 aliphatic heterocycles. The summed E-state index contributed by atoms with van der Waals surface area (Å²) in [5.74, 6) is 0.972. The zero-order chi connectivity index (χ0) is 17.8. The van der Waals surface area contributed by atoms with Crippen LogP contribution in [0.25, 0.3) is 0 Å². The molecular formula is C18H18N2O5. The predicted molar refractivity (Wildman–Crippen MR) is 92.2 cm³/mol. The van der Waals surface area contributed by atoms with Crippen molar-refractivity contribution in [2.45, 2.75) is 13.3 Å². The Morgan fingerprint density at radius 1 is 1.24 bits per heavy atom. The normalized spacial score (nSPS) is 13.2. The van der Waals surface area contributed by atoms with E-state index in [-0.39, 0.29) is 18.2 Å². The van der Waals surface area contributed by atoms with Crippen molar-refractivity contribution >= 4 is 17.3 Å². The molecule has 0 atom stereocenters. The summed E-state index contributed by atoms with van der Waals surface area (Å²) in [6, 6.07) is 12.0. The van der Waals surface area contributed by atoms with Crippen molar-refractivity contribution in [3.05, 3.63) is 58.1 Å². The van der Waals surface area contributed by atoms with Gasteiger partial charge in [-0.2, -0.15) is 0 Å². The molecule has 130 valence electrons. The minimum atomic E-state index is -0.486. The minimum Gasteiger partial charge on any atom is -0.494 e. The van der Waals surface area contributed by atoms with E-state index in [2.05, 4.69) is 0 Å². The number of carbonyl (C=O) groups is 1. The van der Waals surface area contributed by atoms with Crippen LogP contribution in [0.2, 0.25) is 0 Å². The Hall–Kier alpha value is -3.09. The van der Waals surface area contributed by atoms with Crippen LogP contribution in [-0.4, -0.2) is 30.6 Å². The smallest absolute Gasteiger partial charge is 0.273 e. The summed E-state index contributed by atoms with van der Waals surface area (Å²) >= 11 is 0. The third-order valence-corrected chi connectivity index (χ3v) is 3.91. The first-order chi connectivity index (χ1) is 12.0. The van der Waals surface area contributed by atoms with Gasteiger partial charge in [0.2, 0.25) is 0 Å². The highest BCUT2D eigenvalue weighted by molar-refractivity contribution is 5.98. The van der Waals surface area contributed by atoms with Crippen LogP contribution in [0.4, 0.5) is 11.4 Å². The van der Waals surface area contributed by atoms with E-state index in [0.29, 0.717) is 31.0 Å². The number of hydrogen-bond donors (Lipinski definition) is 0. The number of nitro benzene ring substituents is 1. The second kappa shape index (κ2) is 7.21. The number of rotatable bonds is 6. The maximum Gasteiger partial charge on any atom is 0.273 e. The van der Waals surface area contributed by atoms with Gasteiger partial charge in [0.15, 0.2) is 12.4 Å². The van der Waals surface area contributed by atoms with Gasteiger partial charge in [0.25, 0.3) is 11.6 Å². The average molecular weight is 342 g/mol. The van der Waals surface area contributed by atoms with Crippen LogP contribution in [0.3, 0.4) is 0 Å². The molecule has 0 unspecified atom stereocenters. The van der Waals surface area contributed by atoms with Crippen molar-refractivity contribution in [1.29, 1.82) is 0 Å². The predicted octanol–water partition coefficient (Wildman–Crippen LogP) is 3.10. The van der Waals surface area contributed by atoms with E-state index in [1.54, 1.807) is 11.0 Å². The number of nitro groups is 1. The van der Waals surface area contributed by atoms with Crippen LogP contribution in [0.1, 0.15) is 12.0 Å². The second-order valence-corrected chi connectivity index (χ2v) is 5.76. The first-order valence-corrected chi connectivity index (χ1v) is 7.95. The lowest BCUT2D eigenvalue weighted by molar-refractivity contribution is -0.384. The Bertz CT molecular complexity index is 789. The molecule has 25 heavy (non-hydrogen) atoms. The lowest BCUT2D eigenvalue weighted by Crippen LogP contribution is -2.39. The van der Waals surface area contributed by atoms with Crippen molar-refractivity contribution in [3.8, 4) is 11.5 Å². The summed E-state index contributed by atoms with van der Waals surface area (Å²) < 4.78 is 11.0. The second-order valence-electron chi connectivity index (χ2n) is 5.76. The number of nitrogens with zero attached hydrogens (tertiary/aromatic N) is 2. The Balaban J connectivity index is 1.61. The minimum absolute atomic E-state index is 0.0595. The van der Waals surface area contributed by atoms with E-state index in [1.807, 2.05) is 31.2 Å². The quantitative estimate of drug-likeness (QED) is 0.458. The van der Waals surface area contributed by atoms with Gasteiger partial charge in [-0.15, -0.1) is 0 Å². The van der Waals surface area contributed by atoms with Gasteiger partial charge in [-0.3, -0.25) is 14.9 Å². The molecule has 2 aromatic carbocycles.